The molecule has 0 saturated carbocycles. The van der Waals surface area contributed by atoms with Crippen molar-refractivity contribution in [3.05, 3.63) is 35.4 Å². The molecule has 0 fully saturated rings. The van der Waals surface area contributed by atoms with Gasteiger partial charge < -0.3 is 10.8 Å². The quantitative estimate of drug-likeness (QED) is 0.794. The first-order valence-electron chi connectivity index (χ1n) is 5.44. The standard InChI is InChI=1S/C13H21NO/c1-10(2)12-7-5-4-6-11(12)8-13(3,14)9-15/h4-7,10,15H,8-9,14H2,1-3H3. The van der Waals surface area contributed by atoms with Crippen LogP contribution in [0.15, 0.2) is 24.3 Å². The minimum atomic E-state index is -0.523. The van der Waals surface area contributed by atoms with Crippen molar-refractivity contribution in [3.63, 3.8) is 0 Å². The smallest absolute Gasteiger partial charge is 0.0611 e. The molecule has 0 aliphatic heterocycles. The summed E-state index contributed by atoms with van der Waals surface area (Å²) in [5.41, 5.74) is 8.01. The minimum Gasteiger partial charge on any atom is -0.394 e. The minimum absolute atomic E-state index is 0.0133. The summed E-state index contributed by atoms with van der Waals surface area (Å²) in [6, 6.07) is 8.30. The van der Waals surface area contributed by atoms with Crippen molar-refractivity contribution >= 4 is 0 Å². The van der Waals surface area contributed by atoms with E-state index in [9.17, 15) is 0 Å². The first kappa shape index (κ1) is 12.2. The van der Waals surface area contributed by atoms with Crippen LogP contribution in [-0.4, -0.2) is 17.3 Å². The van der Waals surface area contributed by atoms with Gasteiger partial charge in [-0.15, -0.1) is 0 Å². The summed E-state index contributed by atoms with van der Waals surface area (Å²) >= 11 is 0. The number of benzene rings is 1. The second-order valence-corrected chi connectivity index (χ2v) is 4.84. The third-order valence-electron chi connectivity index (χ3n) is 2.63. The molecule has 15 heavy (non-hydrogen) atoms. The Morgan fingerprint density at radius 1 is 1.33 bits per heavy atom. The first-order chi connectivity index (χ1) is 6.96. The first-order valence-corrected chi connectivity index (χ1v) is 5.44. The number of nitrogens with two attached hydrogens (primary N) is 1. The Morgan fingerprint density at radius 2 is 1.93 bits per heavy atom. The highest BCUT2D eigenvalue weighted by atomic mass is 16.3. The third-order valence-corrected chi connectivity index (χ3v) is 2.63. The number of aliphatic hydroxyl groups excluding tert-OH is 1. The molecule has 0 heterocycles. The Labute approximate surface area is 92.1 Å². The van der Waals surface area contributed by atoms with Crippen molar-refractivity contribution in [2.24, 2.45) is 5.73 Å². The molecule has 0 aliphatic carbocycles. The van der Waals surface area contributed by atoms with E-state index in [0.29, 0.717) is 5.92 Å². The summed E-state index contributed by atoms with van der Waals surface area (Å²) < 4.78 is 0. The Bertz CT molecular complexity index is 318. The Balaban J connectivity index is 2.94. The van der Waals surface area contributed by atoms with Crippen LogP contribution in [0, 0.1) is 0 Å². The number of aliphatic hydroxyl groups is 1. The van der Waals surface area contributed by atoms with E-state index in [1.165, 1.54) is 11.1 Å². The van der Waals surface area contributed by atoms with Crippen molar-refractivity contribution in [1.29, 1.82) is 0 Å². The molecule has 0 aliphatic rings. The van der Waals surface area contributed by atoms with Crippen molar-refractivity contribution in [2.75, 3.05) is 6.61 Å². The summed E-state index contributed by atoms with van der Waals surface area (Å²) in [4.78, 5) is 0. The Kier molecular flexibility index (Phi) is 3.89. The molecule has 0 saturated heterocycles. The van der Waals surface area contributed by atoms with Crippen LogP contribution in [0.3, 0.4) is 0 Å². The maximum absolute atomic E-state index is 9.16. The summed E-state index contributed by atoms with van der Waals surface area (Å²) in [5.74, 6) is 0.496. The van der Waals surface area contributed by atoms with Crippen molar-refractivity contribution < 1.29 is 5.11 Å². The molecular weight excluding hydrogens is 186 g/mol. The van der Waals surface area contributed by atoms with Crippen LogP contribution >= 0.6 is 0 Å². The lowest BCUT2D eigenvalue weighted by atomic mass is 9.88. The van der Waals surface area contributed by atoms with Crippen LogP contribution in [0.25, 0.3) is 0 Å². The highest BCUT2D eigenvalue weighted by Gasteiger charge is 2.19. The fourth-order valence-electron chi connectivity index (χ4n) is 1.75. The van der Waals surface area contributed by atoms with Crippen molar-refractivity contribution in [1.82, 2.24) is 0 Å². The van der Waals surface area contributed by atoms with Crippen LogP contribution in [0.1, 0.15) is 37.8 Å². The van der Waals surface area contributed by atoms with E-state index in [0.717, 1.165) is 6.42 Å². The fourth-order valence-corrected chi connectivity index (χ4v) is 1.75. The predicted octanol–water partition coefficient (Wildman–Crippen LogP) is 2.06. The van der Waals surface area contributed by atoms with E-state index in [-0.39, 0.29) is 6.61 Å². The molecule has 1 atom stereocenters. The van der Waals surface area contributed by atoms with Gasteiger partial charge in [-0.3, -0.25) is 0 Å². The van der Waals surface area contributed by atoms with E-state index >= 15 is 0 Å². The van der Waals surface area contributed by atoms with Gasteiger partial charge in [0.2, 0.25) is 0 Å². The zero-order valence-electron chi connectivity index (χ0n) is 9.83. The van der Waals surface area contributed by atoms with E-state index < -0.39 is 5.54 Å². The summed E-state index contributed by atoms with van der Waals surface area (Å²) in [7, 11) is 0. The van der Waals surface area contributed by atoms with Gasteiger partial charge in [0, 0.05) is 5.54 Å². The van der Waals surface area contributed by atoms with Gasteiger partial charge in [-0.2, -0.15) is 0 Å². The van der Waals surface area contributed by atoms with Crippen LogP contribution in [0.4, 0.5) is 0 Å². The van der Waals surface area contributed by atoms with Gasteiger partial charge in [0.15, 0.2) is 0 Å². The van der Waals surface area contributed by atoms with Gasteiger partial charge in [0.05, 0.1) is 6.61 Å². The lowest BCUT2D eigenvalue weighted by Crippen LogP contribution is -2.42. The van der Waals surface area contributed by atoms with Gasteiger partial charge in [-0.25, -0.2) is 0 Å². The SMILES string of the molecule is CC(C)c1ccccc1CC(C)(N)CO. The van der Waals surface area contributed by atoms with Crippen LogP contribution in [0.2, 0.25) is 0 Å². The Hall–Kier alpha value is -0.860. The molecule has 1 aromatic rings. The lowest BCUT2D eigenvalue weighted by molar-refractivity contribution is 0.208. The molecular formula is C13H21NO. The average molecular weight is 207 g/mol. The van der Waals surface area contributed by atoms with Crippen molar-refractivity contribution in [3.8, 4) is 0 Å². The van der Waals surface area contributed by atoms with Gasteiger partial charge in [0.25, 0.3) is 0 Å². The predicted molar refractivity (Wildman–Crippen MR) is 63.9 cm³/mol. The fraction of sp³-hybridized carbons (Fsp3) is 0.538. The summed E-state index contributed by atoms with van der Waals surface area (Å²) in [5, 5.41) is 9.16. The van der Waals surface area contributed by atoms with Crippen molar-refractivity contribution in [2.45, 2.75) is 38.6 Å². The highest BCUT2D eigenvalue weighted by Crippen LogP contribution is 2.22. The maximum atomic E-state index is 9.16. The third kappa shape index (κ3) is 3.33. The molecule has 84 valence electrons. The number of rotatable bonds is 4. The average Bonchev–Trinajstić information content (AvgIpc) is 2.18. The second-order valence-electron chi connectivity index (χ2n) is 4.84. The molecule has 1 aromatic carbocycles. The molecule has 0 aromatic heterocycles. The molecule has 0 amide bonds. The van der Waals surface area contributed by atoms with Gasteiger partial charge in [-0.05, 0) is 30.4 Å². The molecule has 3 N–H and O–H groups in total. The van der Waals surface area contributed by atoms with E-state index in [1.807, 2.05) is 19.1 Å². The maximum Gasteiger partial charge on any atom is 0.0611 e. The topological polar surface area (TPSA) is 46.2 Å². The lowest BCUT2D eigenvalue weighted by Gasteiger charge is -2.24. The Morgan fingerprint density at radius 3 is 2.47 bits per heavy atom. The largest absolute Gasteiger partial charge is 0.394 e. The zero-order valence-corrected chi connectivity index (χ0v) is 9.83. The van der Waals surface area contributed by atoms with E-state index in [2.05, 4.69) is 26.0 Å². The van der Waals surface area contributed by atoms with Gasteiger partial charge in [-0.1, -0.05) is 38.1 Å². The molecule has 1 rings (SSSR count). The molecule has 1 unspecified atom stereocenters. The van der Waals surface area contributed by atoms with E-state index in [4.69, 9.17) is 10.8 Å². The molecule has 0 bridgehead atoms. The van der Waals surface area contributed by atoms with Crippen LogP contribution in [-0.2, 0) is 6.42 Å². The van der Waals surface area contributed by atoms with Crippen LogP contribution in [0.5, 0.6) is 0 Å². The molecule has 0 spiro atoms. The van der Waals surface area contributed by atoms with Gasteiger partial charge >= 0.3 is 0 Å². The molecule has 0 radical (unpaired) electrons. The zero-order chi connectivity index (χ0) is 11.5. The van der Waals surface area contributed by atoms with Gasteiger partial charge in [0.1, 0.15) is 0 Å². The monoisotopic (exact) mass is 207 g/mol. The molecule has 2 nitrogen and oxygen atoms in total. The molecule has 2 heteroatoms. The second kappa shape index (κ2) is 4.77. The summed E-state index contributed by atoms with van der Waals surface area (Å²) in [6.45, 7) is 6.24. The number of hydrogen-bond donors (Lipinski definition) is 2. The normalized spacial score (nSPS) is 15.3. The summed E-state index contributed by atoms with van der Waals surface area (Å²) in [6.07, 6.45) is 0.720. The van der Waals surface area contributed by atoms with Crippen LogP contribution < -0.4 is 5.73 Å². The van der Waals surface area contributed by atoms with E-state index in [1.54, 1.807) is 0 Å². The highest BCUT2D eigenvalue weighted by molar-refractivity contribution is 5.31. The number of hydrogen-bond acceptors (Lipinski definition) is 2.